The number of hydrogen-bond acceptors (Lipinski definition) is 2. The van der Waals surface area contributed by atoms with Gasteiger partial charge in [0.2, 0.25) is 0 Å². The maximum absolute atomic E-state index is 12.1. The minimum Gasteiger partial charge on any atom is -0.393 e. The summed E-state index contributed by atoms with van der Waals surface area (Å²) < 4.78 is 12.1. The highest BCUT2D eigenvalue weighted by atomic mass is 19.1. The molecule has 0 aliphatic heterocycles. The van der Waals surface area contributed by atoms with Crippen LogP contribution < -0.4 is 0 Å². The predicted molar refractivity (Wildman–Crippen MR) is 30.5 cm³/mol. The molecule has 50 valence electrons. The molecular formula is C5H12FNO. The number of alkyl halides is 1. The molecule has 3 heteroatoms. The van der Waals surface area contributed by atoms with Crippen molar-refractivity contribution < 1.29 is 9.50 Å². The molecule has 0 saturated carbocycles. The van der Waals surface area contributed by atoms with Gasteiger partial charge in [0, 0.05) is 6.54 Å². The molecule has 0 bridgehead atoms. The average Bonchev–Trinajstić information content (AvgIpc) is 1.65. The van der Waals surface area contributed by atoms with Crippen molar-refractivity contribution in [1.82, 2.24) is 4.90 Å². The van der Waals surface area contributed by atoms with Gasteiger partial charge in [-0.2, -0.15) is 0 Å². The Balaban J connectivity index is 3.10. The van der Waals surface area contributed by atoms with Crippen LogP contribution in [0.15, 0.2) is 0 Å². The molecule has 0 spiro atoms. The second kappa shape index (κ2) is 3.80. The van der Waals surface area contributed by atoms with Crippen molar-refractivity contribution in [2.24, 2.45) is 0 Å². The van der Waals surface area contributed by atoms with Gasteiger partial charge in [-0.05, 0) is 14.1 Å². The van der Waals surface area contributed by atoms with Crippen molar-refractivity contribution in [3.63, 3.8) is 0 Å². The second-order valence-corrected chi connectivity index (χ2v) is 2.04. The summed E-state index contributed by atoms with van der Waals surface area (Å²) in [6, 6.07) is 0. The largest absolute Gasteiger partial charge is 0.393 e. The number of nitrogens with zero attached hydrogens (tertiary/aromatic N) is 1. The second-order valence-electron chi connectivity index (χ2n) is 2.04. The molecule has 0 amide bonds. The molecule has 0 aromatic heterocycles. The van der Waals surface area contributed by atoms with E-state index in [0.717, 1.165) is 0 Å². The molecule has 0 aliphatic rings. The van der Waals surface area contributed by atoms with Crippen LogP contribution in [-0.2, 0) is 0 Å². The van der Waals surface area contributed by atoms with E-state index in [2.05, 4.69) is 0 Å². The number of aliphatic hydroxyl groups is 1. The van der Waals surface area contributed by atoms with Crippen molar-refractivity contribution in [2.75, 3.05) is 27.2 Å². The lowest BCUT2D eigenvalue weighted by molar-refractivity contribution is 0.148. The fourth-order valence-corrected chi connectivity index (χ4v) is 0.454. The van der Waals surface area contributed by atoms with Crippen LogP contribution in [0.5, 0.6) is 0 Å². The molecule has 8 heavy (non-hydrogen) atoms. The molecule has 0 radical (unpaired) electrons. The van der Waals surface area contributed by atoms with Gasteiger partial charge in [0.25, 0.3) is 0 Å². The van der Waals surface area contributed by atoms with Gasteiger partial charge in [-0.25, -0.2) is 4.39 Å². The number of aliphatic hydroxyl groups excluding tert-OH is 1. The van der Waals surface area contributed by atoms with E-state index in [4.69, 9.17) is 5.11 Å². The normalized spacial score (nSPS) is 14.6. The fraction of sp³-hybridized carbons (Fsp3) is 1.00. The number of rotatable bonds is 3. The predicted octanol–water partition coefficient (Wildman–Crippen LogP) is -0.122. The summed E-state index contributed by atoms with van der Waals surface area (Å²) in [6.45, 7) is -0.0747. The highest BCUT2D eigenvalue weighted by Crippen LogP contribution is 1.88. The maximum atomic E-state index is 12.1. The molecule has 0 aliphatic carbocycles. The molecule has 0 saturated heterocycles. The van der Waals surface area contributed by atoms with E-state index in [-0.39, 0.29) is 6.61 Å². The number of hydrogen-bond donors (Lipinski definition) is 1. The zero-order valence-electron chi connectivity index (χ0n) is 5.26. The summed E-state index contributed by atoms with van der Waals surface area (Å²) in [4.78, 5) is 1.70. The fourth-order valence-electron chi connectivity index (χ4n) is 0.454. The Morgan fingerprint density at radius 2 is 2.12 bits per heavy atom. The van der Waals surface area contributed by atoms with E-state index in [1.54, 1.807) is 19.0 Å². The van der Waals surface area contributed by atoms with Gasteiger partial charge in [0.05, 0.1) is 6.61 Å². The molecule has 0 aromatic rings. The van der Waals surface area contributed by atoms with Gasteiger partial charge >= 0.3 is 0 Å². The third-order valence-corrected chi connectivity index (χ3v) is 0.761. The van der Waals surface area contributed by atoms with Crippen LogP contribution in [0.25, 0.3) is 0 Å². The first-order valence-electron chi connectivity index (χ1n) is 2.56. The highest BCUT2D eigenvalue weighted by Gasteiger charge is 2.03. The Hall–Kier alpha value is -0.150. The van der Waals surface area contributed by atoms with Crippen molar-refractivity contribution in [3.8, 4) is 0 Å². The zero-order valence-corrected chi connectivity index (χ0v) is 5.26. The first kappa shape index (κ1) is 7.85. The van der Waals surface area contributed by atoms with Crippen molar-refractivity contribution in [3.05, 3.63) is 0 Å². The van der Waals surface area contributed by atoms with Crippen LogP contribution >= 0.6 is 0 Å². The quantitative estimate of drug-likeness (QED) is 0.562. The third kappa shape index (κ3) is 4.02. The Labute approximate surface area is 48.9 Å². The van der Waals surface area contributed by atoms with Crippen LogP contribution in [0.1, 0.15) is 0 Å². The number of halogens is 1. The minimum atomic E-state index is -1.09. The molecule has 1 atom stereocenters. The smallest absolute Gasteiger partial charge is 0.136 e. The molecular weight excluding hydrogens is 109 g/mol. The Bertz CT molecular complexity index is 58.4. The standard InChI is InChI=1S/C5H12FNO/c1-7(2)3-5(6)4-8/h5,8H,3-4H2,1-2H3. The van der Waals surface area contributed by atoms with Crippen LogP contribution in [-0.4, -0.2) is 43.4 Å². The maximum Gasteiger partial charge on any atom is 0.136 e. The van der Waals surface area contributed by atoms with Crippen molar-refractivity contribution >= 4 is 0 Å². The van der Waals surface area contributed by atoms with Crippen molar-refractivity contribution in [2.45, 2.75) is 6.17 Å². The van der Waals surface area contributed by atoms with Crippen LogP contribution in [0, 0.1) is 0 Å². The van der Waals surface area contributed by atoms with Crippen molar-refractivity contribution in [1.29, 1.82) is 0 Å². The lowest BCUT2D eigenvalue weighted by Crippen LogP contribution is -2.24. The summed E-state index contributed by atoms with van der Waals surface area (Å²) in [7, 11) is 3.53. The Kier molecular flexibility index (Phi) is 3.73. The molecule has 0 aromatic carbocycles. The third-order valence-electron chi connectivity index (χ3n) is 0.761. The van der Waals surface area contributed by atoms with Gasteiger partial charge in [-0.3, -0.25) is 0 Å². The summed E-state index contributed by atoms with van der Waals surface area (Å²) in [6.07, 6.45) is -1.09. The van der Waals surface area contributed by atoms with Gasteiger partial charge in [0.1, 0.15) is 6.17 Å². The van der Waals surface area contributed by atoms with E-state index < -0.39 is 6.17 Å². The summed E-state index contributed by atoms with van der Waals surface area (Å²) in [5.74, 6) is 0. The van der Waals surface area contributed by atoms with E-state index in [1.165, 1.54) is 0 Å². The lowest BCUT2D eigenvalue weighted by atomic mass is 10.4. The summed E-state index contributed by atoms with van der Waals surface area (Å²) >= 11 is 0. The lowest BCUT2D eigenvalue weighted by Gasteiger charge is -2.10. The summed E-state index contributed by atoms with van der Waals surface area (Å²) in [5, 5.41) is 8.18. The summed E-state index contributed by atoms with van der Waals surface area (Å²) in [5.41, 5.74) is 0. The monoisotopic (exact) mass is 121 g/mol. The first-order chi connectivity index (χ1) is 3.66. The average molecular weight is 121 g/mol. The molecule has 1 N–H and O–H groups in total. The minimum absolute atomic E-state index is 0.302. The molecule has 2 nitrogen and oxygen atoms in total. The zero-order chi connectivity index (χ0) is 6.57. The van der Waals surface area contributed by atoms with Crippen LogP contribution in [0.4, 0.5) is 4.39 Å². The topological polar surface area (TPSA) is 23.5 Å². The van der Waals surface area contributed by atoms with Gasteiger partial charge in [-0.15, -0.1) is 0 Å². The highest BCUT2D eigenvalue weighted by molar-refractivity contribution is 4.55. The SMILES string of the molecule is CN(C)CC(F)CO. The van der Waals surface area contributed by atoms with Crippen LogP contribution in [0.2, 0.25) is 0 Å². The molecule has 0 heterocycles. The van der Waals surface area contributed by atoms with Gasteiger partial charge in [-0.1, -0.05) is 0 Å². The molecule has 1 unspecified atom stereocenters. The Morgan fingerprint density at radius 1 is 1.62 bits per heavy atom. The van der Waals surface area contributed by atoms with Crippen LogP contribution in [0.3, 0.4) is 0 Å². The van der Waals surface area contributed by atoms with E-state index in [1.807, 2.05) is 0 Å². The van der Waals surface area contributed by atoms with E-state index in [9.17, 15) is 4.39 Å². The van der Waals surface area contributed by atoms with Gasteiger partial charge < -0.3 is 10.0 Å². The van der Waals surface area contributed by atoms with Gasteiger partial charge in [0.15, 0.2) is 0 Å². The first-order valence-corrected chi connectivity index (χ1v) is 2.56. The van der Waals surface area contributed by atoms with E-state index in [0.29, 0.717) is 6.54 Å². The van der Waals surface area contributed by atoms with E-state index >= 15 is 0 Å². The molecule has 0 fully saturated rings. The molecule has 0 rings (SSSR count). The Morgan fingerprint density at radius 3 is 2.25 bits per heavy atom.